The van der Waals surface area contributed by atoms with E-state index in [0.717, 1.165) is 47.5 Å². The lowest BCUT2D eigenvalue weighted by molar-refractivity contribution is 0.117. The summed E-state index contributed by atoms with van der Waals surface area (Å²) in [4.78, 5) is 4.13. The maximum atomic E-state index is 5.74. The number of fused-ring (bicyclic) bond motifs is 1. The van der Waals surface area contributed by atoms with Crippen molar-refractivity contribution in [1.29, 1.82) is 0 Å². The van der Waals surface area contributed by atoms with Crippen molar-refractivity contribution in [1.82, 2.24) is 19.2 Å². The smallest absolute Gasteiger partial charge is 0.199 e. The Balaban J connectivity index is 1.49. The van der Waals surface area contributed by atoms with Crippen molar-refractivity contribution in [2.75, 3.05) is 13.7 Å². The molecule has 1 aliphatic heterocycles. The monoisotopic (exact) mass is 412 g/mol. The molecule has 3 aromatic rings. The Bertz CT molecular complexity index is 1060. The van der Waals surface area contributed by atoms with Crippen LogP contribution in [0.2, 0.25) is 0 Å². The number of nitrogens with zero attached hydrogens (tertiary/aromatic N) is 4. The number of thiophene rings is 1. The number of ether oxygens (including phenoxy) is 1. The SMILES string of the molecule is COc1ccccc1-c1nn(CN2CCc3sccc3[C@H]2C2CC2)c(=S)n1C. The zero-order valence-corrected chi connectivity index (χ0v) is 17.8. The van der Waals surface area contributed by atoms with E-state index < -0.39 is 0 Å². The van der Waals surface area contributed by atoms with Crippen molar-refractivity contribution >= 4 is 23.6 Å². The molecule has 1 aromatic carbocycles. The predicted octanol–water partition coefficient (Wildman–Crippen LogP) is 4.66. The van der Waals surface area contributed by atoms with Crippen LogP contribution in [0.4, 0.5) is 0 Å². The molecule has 1 aliphatic carbocycles. The van der Waals surface area contributed by atoms with Crippen molar-refractivity contribution in [3.8, 4) is 17.1 Å². The van der Waals surface area contributed by atoms with E-state index in [1.165, 1.54) is 18.4 Å². The Morgan fingerprint density at radius 3 is 2.86 bits per heavy atom. The Hall–Kier alpha value is -1.96. The molecular formula is C21H24N4OS2. The standard InChI is InChI=1S/C21H24N4OS2/c1-23-20(15-5-3-4-6-17(15)26-2)22-25(21(23)27)13-24-11-9-18-16(10-12-28-18)19(24)14-7-8-14/h3-6,10,12,14,19H,7-9,11,13H2,1-2H3/t19-/m1/s1. The Morgan fingerprint density at radius 1 is 1.25 bits per heavy atom. The molecular weight excluding hydrogens is 388 g/mol. The van der Waals surface area contributed by atoms with Crippen LogP contribution in [0.3, 0.4) is 0 Å². The molecule has 1 saturated carbocycles. The van der Waals surface area contributed by atoms with Gasteiger partial charge in [0.25, 0.3) is 0 Å². The highest BCUT2D eigenvalue weighted by molar-refractivity contribution is 7.71. The number of hydrogen-bond acceptors (Lipinski definition) is 5. The molecule has 0 bridgehead atoms. The number of para-hydroxylation sites is 1. The quantitative estimate of drug-likeness (QED) is 0.571. The highest BCUT2D eigenvalue weighted by atomic mass is 32.1. The Labute approximate surface area is 174 Å². The molecule has 0 N–H and O–H groups in total. The van der Waals surface area contributed by atoms with E-state index >= 15 is 0 Å². The minimum absolute atomic E-state index is 0.508. The summed E-state index contributed by atoms with van der Waals surface area (Å²) in [6, 6.07) is 10.8. The topological polar surface area (TPSA) is 35.2 Å². The van der Waals surface area contributed by atoms with Gasteiger partial charge in [0.15, 0.2) is 10.6 Å². The van der Waals surface area contributed by atoms with E-state index in [1.54, 1.807) is 12.0 Å². The third-order valence-electron chi connectivity index (χ3n) is 5.89. The second-order valence-electron chi connectivity index (χ2n) is 7.65. The molecule has 0 radical (unpaired) electrons. The Morgan fingerprint density at radius 2 is 2.07 bits per heavy atom. The third-order valence-corrected chi connectivity index (χ3v) is 7.37. The molecule has 146 valence electrons. The first-order valence-electron chi connectivity index (χ1n) is 9.75. The van der Waals surface area contributed by atoms with E-state index in [9.17, 15) is 0 Å². The fourth-order valence-electron chi connectivity index (χ4n) is 4.34. The summed E-state index contributed by atoms with van der Waals surface area (Å²) in [5.41, 5.74) is 2.50. The van der Waals surface area contributed by atoms with E-state index in [-0.39, 0.29) is 0 Å². The van der Waals surface area contributed by atoms with Crippen molar-refractivity contribution in [3.05, 3.63) is 50.9 Å². The molecule has 1 atom stereocenters. The van der Waals surface area contributed by atoms with Gasteiger partial charge in [-0.3, -0.25) is 4.90 Å². The molecule has 5 nitrogen and oxygen atoms in total. The van der Waals surface area contributed by atoms with Gasteiger partial charge >= 0.3 is 0 Å². The lowest BCUT2D eigenvalue weighted by Gasteiger charge is -2.35. The van der Waals surface area contributed by atoms with Gasteiger partial charge in [-0.05, 0) is 66.5 Å². The maximum Gasteiger partial charge on any atom is 0.199 e. The lowest BCUT2D eigenvalue weighted by atomic mass is 9.96. The van der Waals surface area contributed by atoms with Gasteiger partial charge in [-0.2, -0.15) is 5.10 Å². The largest absolute Gasteiger partial charge is 0.496 e. The van der Waals surface area contributed by atoms with Gasteiger partial charge in [-0.1, -0.05) is 12.1 Å². The van der Waals surface area contributed by atoms with Crippen molar-refractivity contribution in [2.24, 2.45) is 13.0 Å². The van der Waals surface area contributed by atoms with Gasteiger partial charge in [0.1, 0.15) is 5.75 Å². The van der Waals surface area contributed by atoms with Crippen LogP contribution in [-0.4, -0.2) is 32.9 Å². The van der Waals surface area contributed by atoms with Gasteiger partial charge in [-0.25, -0.2) is 4.68 Å². The highest BCUT2D eigenvalue weighted by Gasteiger charge is 2.40. The molecule has 5 rings (SSSR count). The van der Waals surface area contributed by atoms with Crippen LogP contribution in [0.5, 0.6) is 5.75 Å². The van der Waals surface area contributed by atoms with Crippen molar-refractivity contribution < 1.29 is 4.74 Å². The number of methoxy groups -OCH3 is 1. The fraction of sp³-hybridized carbons (Fsp3) is 0.429. The lowest BCUT2D eigenvalue weighted by Crippen LogP contribution is -2.37. The average molecular weight is 413 g/mol. The minimum atomic E-state index is 0.508. The maximum absolute atomic E-state index is 5.74. The Kier molecular flexibility index (Phi) is 4.61. The number of hydrogen-bond donors (Lipinski definition) is 0. The van der Waals surface area contributed by atoms with E-state index in [2.05, 4.69) is 16.3 Å². The zero-order valence-electron chi connectivity index (χ0n) is 16.2. The first-order valence-corrected chi connectivity index (χ1v) is 11.0. The summed E-state index contributed by atoms with van der Waals surface area (Å²) >= 11 is 7.65. The van der Waals surface area contributed by atoms with Gasteiger partial charge < -0.3 is 9.30 Å². The van der Waals surface area contributed by atoms with Gasteiger partial charge in [0.2, 0.25) is 0 Å². The number of rotatable bonds is 5. The summed E-state index contributed by atoms with van der Waals surface area (Å²) in [7, 11) is 3.68. The fourth-order valence-corrected chi connectivity index (χ4v) is 5.43. The van der Waals surface area contributed by atoms with Crippen LogP contribution < -0.4 is 4.74 Å². The predicted molar refractivity (Wildman–Crippen MR) is 114 cm³/mol. The average Bonchev–Trinajstić information content (AvgIpc) is 3.38. The second kappa shape index (κ2) is 7.13. The van der Waals surface area contributed by atoms with E-state index in [4.69, 9.17) is 22.1 Å². The molecule has 2 aromatic heterocycles. The summed E-state index contributed by atoms with van der Waals surface area (Å²) in [5.74, 6) is 2.44. The minimum Gasteiger partial charge on any atom is -0.496 e. The van der Waals surface area contributed by atoms with Crippen LogP contribution in [0.1, 0.15) is 29.3 Å². The summed E-state index contributed by atoms with van der Waals surface area (Å²) in [6.45, 7) is 1.80. The van der Waals surface area contributed by atoms with Crippen LogP contribution >= 0.6 is 23.6 Å². The molecule has 0 amide bonds. The van der Waals surface area contributed by atoms with Crippen molar-refractivity contribution in [2.45, 2.75) is 32.0 Å². The molecule has 1 fully saturated rings. The molecule has 0 unspecified atom stereocenters. The number of benzene rings is 1. The van der Waals surface area contributed by atoms with Crippen LogP contribution in [0.15, 0.2) is 35.7 Å². The van der Waals surface area contributed by atoms with Gasteiger partial charge in [0.05, 0.1) is 19.3 Å². The molecule has 28 heavy (non-hydrogen) atoms. The third kappa shape index (κ3) is 3.02. The van der Waals surface area contributed by atoms with E-state index in [1.807, 2.05) is 51.9 Å². The van der Waals surface area contributed by atoms with E-state index in [0.29, 0.717) is 6.04 Å². The molecule has 7 heteroatoms. The highest BCUT2D eigenvalue weighted by Crippen LogP contribution is 2.48. The molecule has 2 aliphatic rings. The van der Waals surface area contributed by atoms with Crippen LogP contribution in [0.25, 0.3) is 11.4 Å². The number of aromatic nitrogens is 3. The first-order chi connectivity index (χ1) is 13.7. The molecule has 0 saturated heterocycles. The van der Waals surface area contributed by atoms with Crippen molar-refractivity contribution in [3.63, 3.8) is 0 Å². The zero-order chi connectivity index (χ0) is 19.3. The summed E-state index contributed by atoms with van der Waals surface area (Å²) < 4.78 is 10.2. The summed E-state index contributed by atoms with van der Waals surface area (Å²) in [5, 5.41) is 7.14. The first kappa shape index (κ1) is 18.1. The van der Waals surface area contributed by atoms with Crippen LogP contribution in [-0.2, 0) is 20.1 Å². The van der Waals surface area contributed by atoms with Crippen LogP contribution in [0, 0.1) is 10.7 Å². The molecule has 3 heterocycles. The normalized spacial score (nSPS) is 19.6. The molecule has 0 spiro atoms. The summed E-state index contributed by atoms with van der Waals surface area (Å²) in [6.07, 6.45) is 3.78. The second-order valence-corrected chi connectivity index (χ2v) is 9.02. The van der Waals surface area contributed by atoms with Gasteiger partial charge in [0, 0.05) is 24.5 Å². The van der Waals surface area contributed by atoms with Gasteiger partial charge in [-0.15, -0.1) is 11.3 Å².